The minimum atomic E-state index is -0.993. The molecule has 4 atom stereocenters. The second-order valence-electron chi connectivity index (χ2n) is 6.20. The fourth-order valence-electron chi connectivity index (χ4n) is 4.05. The van der Waals surface area contributed by atoms with Crippen molar-refractivity contribution in [1.82, 2.24) is 0 Å². The number of nitrogens with zero attached hydrogens (tertiary/aromatic N) is 1. The molecule has 4 heterocycles. The topological polar surface area (TPSA) is 85.3 Å². The average molecular weight is 315 g/mol. The first-order valence-electron chi connectivity index (χ1n) is 7.40. The van der Waals surface area contributed by atoms with Crippen LogP contribution in [0.25, 0.3) is 0 Å². The van der Waals surface area contributed by atoms with Crippen molar-refractivity contribution in [3.05, 3.63) is 30.4 Å². The summed E-state index contributed by atoms with van der Waals surface area (Å²) in [5.74, 6) is -1.50. The first-order valence-corrected chi connectivity index (χ1v) is 7.40. The van der Waals surface area contributed by atoms with Crippen LogP contribution in [0.2, 0.25) is 0 Å². The molecule has 1 aromatic carbocycles. The summed E-state index contributed by atoms with van der Waals surface area (Å²) in [6.45, 7) is 0.473. The lowest BCUT2D eigenvalue weighted by Gasteiger charge is -2.21. The van der Waals surface area contributed by atoms with Crippen LogP contribution in [0.5, 0.6) is 11.5 Å². The van der Waals surface area contributed by atoms with Crippen molar-refractivity contribution in [3.8, 4) is 11.5 Å². The van der Waals surface area contributed by atoms with E-state index in [9.17, 15) is 14.7 Å². The predicted octanol–water partition coefficient (Wildman–Crippen LogP) is 0.786. The van der Waals surface area contributed by atoms with Crippen LogP contribution in [0.4, 0.5) is 5.69 Å². The average Bonchev–Trinajstić information content (AvgIpc) is 3.26. The van der Waals surface area contributed by atoms with Crippen molar-refractivity contribution >= 4 is 17.6 Å². The van der Waals surface area contributed by atoms with E-state index in [2.05, 4.69) is 0 Å². The van der Waals surface area contributed by atoms with E-state index in [1.807, 2.05) is 6.08 Å². The van der Waals surface area contributed by atoms with Gasteiger partial charge in [0.05, 0.1) is 18.6 Å². The number of aliphatic carboxylic acids is 1. The maximum Gasteiger partial charge on any atom is 0.310 e. The van der Waals surface area contributed by atoms with Gasteiger partial charge < -0.3 is 24.2 Å². The number of rotatable bonds is 2. The smallest absolute Gasteiger partial charge is 0.310 e. The van der Waals surface area contributed by atoms with Crippen molar-refractivity contribution in [3.63, 3.8) is 0 Å². The first-order chi connectivity index (χ1) is 11.1. The van der Waals surface area contributed by atoms with Crippen LogP contribution in [-0.2, 0) is 14.3 Å². The van der Waals surface area contributed by atoms with Crippen molar-refractivity contribution < 1.29 is 28.9 Å². The molecule has 7 heteroatoms. The highest BCUT2D eigenvalue weighted by Crippen LogP contribution is 2.53. The SMILES string of the molecule is O=C(O)[C@H]1[C@@H]2C=C[C@]3(CN(c4ccc5c(c4)OCO5)C(=O)[C@@H]13)O2. The number of carbonyl (C=O) groups is 2. The number of fused-ring (bicyclic) bond motifs is 2. The number of carboxylic acid groups (broad SMARTS) is 1. The van der Waals surface area contributed by atoms with E-state index in [4.69, 9.17) is 14.2 Å². The molecule has 0 radical (unpaired) electrons. The second-order valence-corrected chi connectivity index (χ2v) is 6.20. The largest absolute Gasteiger partial charge is 0.481 e. The lowest BCUT2D eigenvalue weighted by molar-refractivity contribution is -0.146. The Kier molecular flexibility index (Phi) is 2.28. The van der Waals surface area contributed by atoms with E-state index in [0.717, 1.165) is 0 Å². The van der Waals surface area contributed by atoms with Gasteiger partial charge in [-0.15, -0.1) is 0 Å². The van der Waals surface area contributed by atoms with Gasteiger partial charge in [0, 0.05) is 11.8 Å². The molecule has 1 spiro atoms. The zero-order valence-electron chi connectivity index (χ0n) is 12.0. The molecule has 7 nitrogen and oxygen atoms in total. The van der Waals surface area contributed by atoms with Crippen LogP contribution < -0.4 is 14.4 Å². The van der Waals surface area contributed by atoms with Gasteiger partial charge in [0.2, 0.25) is 12.7 Å². The molecule has 0 aromatic heterocycles. The molecule has 1 N–H and O–H groups in total. The third-order valence-corrected chi connectivity index (χ3v) is 5.05. The van der Waals surface area contributed by atoms with Crippen LogP contribution in [0.1, 0.15) is 0 Å². The molecule has 4 aliphatic heterocycles. The predicted molar refractivity (Wildman–Crippen MR) is 76.3 cm³/mol. The molecule has 0 saturated carbocycles. The van der Waals surface area contributed by atoms with Crippen LogP contribution in [-0.4, -0.2) is 42.0 Å². The summed E-state index contributed by atoms with van der Waals surface area (Å²) in [5, 5.41) is 9.46. The summed E-state index contributed by atoms with van der Waals surface area (Å²) < 4.78 is 16.5. The quantitative estimate of drug-likeness (QED) is 0.812. The standard InChI is InChI=1S/C16H13NO6/c18-14-13-12(15(19)20)10-3-4-16(13,23-10)6-17(14)8-1-2-9-11(5-8)22-7-21-9/h1-5,10,12-13H,6-7H2,(H,19,20)/t10-,12-,13+,16+/m0/s1. The Labute approximate surface area is 131 Å². The molecule has 2 fully saturated rings. The highest BCUT2D eigenvalue weighted by Gasteiger charge is 2.67. The Morgan fingerprint density at radius 2 is 2.13 bits per heavy atom. The molecule has 1 aromatic rings. The number of benzene rings is 1. The fourth-order valence-corrected chi connectivity index (χ4v) is 4.05. The molecular formula is C16H13NO6. The summed E-state index contributed by atoms with van der Waals surface area (Å²) in [6, 6.07) is 5.26. The Balaban J connectivity index is 1.54. The zero-order valence-corrected chi connectivity index (χ0v) is 12.0. The Morgan fingerprint density at radius 1 is 1.30 bits per heavy atom. The maximum atomic E-state index is 12.9. The molecular weight excluding hydrogens is 302 g/mol. The van der Waals surface area contributed by atoms with E-state index in [-0.39, 0.29) is 12.7 Å². The number of amides is 1. The molecule has 4 aliphatic rings. The van der Waals surface area contributed by atoms with Gasteiger partial charge in [-0.3, -0.25) is 9.59 Å². The summed E-state index contributed by atoms with van der Waals surface area (Å²) in [7, 11) is 0. The summed E-state index contributed by atoms with van der Waals surface area (Å²) >= 11 is 0. The number of hydrogen-bond donors (Lipinski definition) is 1. The highest BCUT2D eigenvalue weighted by atomic mass is 16.7. The van der Waals surface area contributed by atoms with Crippen molar-refractivity contribution in [2.45, 2.75) is 11.7 Å². The summed E-state index contributed by atoms with van der Waals surface area (Å²) in [5.41, 5.74) is -0.172. The molecule has 0 aliphatic carbocycles. The third kappa shape index (κ3) is 1.52. The van der Waals surface area contributed by atoms with Crippen molar-refractivity contribution in [2.75, 3.05) is 18.2 Å². The first kappa shape index (κ1) is 13.0. The van der Waals surface area contributed by atoms with Gasteiger partial charge in [-0.25, -0.2) is 0 Å². The lowest BCUT2D eigenvalue weighted by Crippen LogP contribution is -2.39. The molecule has 2 saturated heterocycles. The van der Waals surface area contributed by atoms with E-state index in [1.54, 1.807) is 29.2 Å². The number of carbonyl (C=O) groups excluding carboxylic acids is 1. The minimum Gasteiger partial charge on any atom is -0.481 e. The third-order valence-electron chi connectivity index (χ3n) is 5.05. The van der Waals surface area contributed by atoms with Gasteiger partial charge in [0.15, 0.2) is 11.5 Å². The number of carboxylic acids is 1. The van der Waals surface area contributed by atoms with Crippen molar-refractivity contribution in [1.29, 1.82) is 0 Å². The normalized spacial score (nSPS) is 35.9. The molecule has 2 bridgehead atoms. The van der Waals surface area contributed by atoms with Crippen LogP contribution in [0.15, 0.2) is 30.4 Å². The van der Waals surface area contributed by atoms with Crippen LogP contribution >= 0.6 is 0 Å². The second kappa shape index (κ2) is 4.05. The maximum absolute atomic E-state index is 12.9. The van der Waals surface area contributed by atoms with Gasteiger partial charge >= 0.3 is 5.97 Å². The van der Waals surface area contributed by atoms with Gasteiger partial charge in [0.25, 0.3) is 0 Å². The van der Waals surface area contributed by atoms with E-state index < -0.39 is 29.5 Å². The highest BCUT2D eigenvalue weighted by molar-refractivity contribution is 6.02. The van der Waals surface area contributed by atoms with Gasteiger partial charge in [-0.05, 0) is 12.1 Å². The van der Waals surface area contributed by atoms with Gasteiger partial charge in [0.1, 0.15) is 11.5 Å². The van der Waals surface area contributed by atoms with Gasteiger partial charge in [-0.1, -0.05) is 12.2 Å². The molecule has 23 heavy (non-hydrogen) atoms. The molecule has 0 unspecified atom stereocenters. The van der Waals surface area contributed by atoms with E-state index in [1.165, 1.54) is 0 Å². The van der Waals surface area contributed by atoms with Gasteiger partial charge in [-0.2, -0.15) is 0 Å². The summed E-state index contributed by atoms with van der Waals surface area (Å²) in [4.78, 5) is 26.0. The number of anilines is 1. The van der Waals surface area contributed by atoms with Crippen LogP contribution in [0, 0.1) is 11.8 Å². The number of ether oxygens (including phenoxy) is 3. The zero-order chi connectivity index (χ0) is 15.8. The Bertz CT molecular complexity index is 774. The molecule has 118 valence electrons. The van der Waals surface area contributed by atoms with Crippen molar-refractivity contribution in [2.24, 2.45) is 11.8 Å². The summed E-state index contributed by atoms with van der Waals surface area (Å²) in [6.07, 6.45) is 3.08. The monoisotopic (exact) mass is 315 g/mol. The van der Waals surface area contributed by atoms with Crippen LogP contribution in [0.3, 0.4) is 0 Å². The minimum absolute atomic E-state index is 0.161. The fraction of sp³-hybridized carbons (Fsp3) is 0.375. The molecule has 5 rings (SSSR count). The van der Waals surface area contributed by atoms with E-state index >= 15 is 0 Å². The molecule has 1 amide bonds. The Hall–Kier alpha value is -2.54. The number of hydrogen-bond acceptors (Lipinski definition) is 5. The lowest BCUT2D eigenvalue weighted by atomic mass is 9.77. The Morgan fingerprint density at radius 3 is 2.96 bits per heavy atom. The van der Waals surface area contributed by atoms with E-state index in [0.29, 0.717) is 23.7 Å².